The van der Waals surface area contributed by atoms with E-state index in [1.807, 2.05) is 48.5 Å². The van der Waals surface area contributed by atoms with Crippen molar-refractivity contribution in [3.63, 3.8) is 0 Å². The van der Waals surface area contributed by atoms with Gasteiger partial charge >= 0.3 is 0 Å². The normalized spacial score (nSPS) is 11.4. The number of carbonyl (C=O) groups is 2. The molecule has 0 saturated heterocycles. The maximum Gasteiger partial charge on any atom is 0.255 e. The average molecular weight is 819 g/mol. The zero-order chi connectivity index (χ0) is 42.8. The van der Waals surface area contributed by atoms with Crippen LogP contribution in [0.25, 0.3) is 21.5 Å². The summed E-state index contributed by atoms with van der Waals surface area (Å²) >= 11 is 0. The van der Waals surface area contributed by atoms with Gasteiger partial charge in [0, 0.05) is 24.2 Å². The highest BCUT2D eigenvalue weighted by molar-refractivity contribution is 6.04. The van der Waals surface area contributed by atoms with Crippen LogP contribution in [0, 0.1) is 0 Å². The highest BCUT2D eigenvalue weighted by Gasteiger charge is 2.22. The van der Waals surface area contributed by atoms with Gasteiger partial charge in [0.25, 0.3) is 11.8 Å². The second-order valence-electron chi connectivity index (χ2n) is 17.3. The van der Waals surface area contributed by atoms with E-state index in [0.29, 0.717) is 37.1 Å². The fourth-order valence-corrected chi connectivity index (χ4v) is 8.62. The molecule has 4 rings (SSSR count). The molecular weight excluding hydrogens is 741 g/mol. The third kappa shape index (κ3) is 16.3. The number of hydrogen-bond acceptors (Lipinski definition) is 4. The van der Waals surface area contributed by atoms with Crippen molar-refractivity contribution >= 4 is 33.4 Å². The molecule has 4 aromatic rings. The van der Waals surface area contributed by atoms with Crippen LogP contribution in [0.2, 0.25) is 0 Å². The fraction of sp³-hybridized carbons (Fsp3) is 0.556. The minimum atomic E-state index is -0.279. The average Bonchev–Trinajstić information content (AvgIpc) is 3.25. The van der Waals surface area contributed by atoms with E-state index in [4.69, 9.17) is 0 Å². The summed E-state index contributed by atoms with van der Waals surface area (Å²) in [6.45, 7) is 10.1. The highest BCUT2D eigenvalue weighted by atomic mass is 16.3. The van der Waals surface area contributed by atoms with Crippen molar-refractivity contribution < 1.29 is 19.8 Å². The molecule has 4 aromatic carbocycles. The predicted octanol–water partition coefficient (Wildman–Crippen LogP) is 14.6. The number of fused-ring (bicyclic) bond motifs is 2. The lowest BCUT2D eigenvalue weighted by Gasteiger charge is -2.17. The summed E-state index contributed by atoms with van der Waals surface area (Å²) in [6, 6.07) is 19.1. The summed E-state index contributed by atoms with van der Waals surface area (Å²) < 4.78 is 0. The molecule has 4 N–H and O–H groups in total. The van der Waals surface area contributed by atoms with Crippen molar-refractivity contribution in [3.8, 4) is 11.5 Å². The molecule has 0 spiro atoms. The second kappa shape index (κ2) is 28.3. The Morgan fingerprint density at radius 1 is 0.467 bits per heavy atom. The van der Waals surface area contributed by atoms with Gasteiger partial charge in [0.15, 0.2) is 0 Å². The van der Waals surface area contributed by atoms with Crippen LogP contribution in [0.1, 0.15) is 200 Å². The largest absolute Gasteiger partial charge is 0.507 e. The van der Waals surface area contributed by atoms with Crippen LogP contribution in [0.3, 0.4) is 0 Å². The van der Waals surface area contributed by atoms with Gasteiger partial charge in [-0.15, -0.1) is 0 Å². The third-order valence-electron chi connectivity index (χ3n) is 12.2. The lowest BCUT2D eigenvalue weighted by Crippen LogP contribution is -2.25. The van der Waals surface area contributed by atoms with Crippen molar-refractivity contribution in [3.05, 3.63) is 95.1 Å². The Morgan fingerprint density at radius 2 is 0.767 bits per heavy atom. The van der Waals surface area contributed by atoms with Gasteiger partial charge in [-0.25, -0.2) is 0 Å². The summed E-state index contributed by atoms with van der Waals surface area (Å²) in [7, 11) is 0. The van der Waals surface area contributed by atoms with E-state index in [0.717, 1.165) is 52.8 Å². The molecule has 0 heterocycles. The van der Waals surface area contributed by atoms with E-state index >= 15 is 0 Å². The molecule has 2 amide bonds. The third-order valence-corrected chi connectivity index (χ3v) is 12.2. The Hall–Kier alpha value is -4.32. The highest BCUT2D eigenvalue weighted by Crippen LogP contribution is 2.37. The molecule has 0 aliphatic rings. The van der Waals surface area contributed by atoms with Crippen LogP contribution in [0.15, 0.2) is 72.8 Å². The summed E-state index contributed by atoms with van der Waals surface area (Å²) in [5.74, 6) is -0.637. The smallest absolute Gasteiger partial charge is 0.255 e. The van der Waals surface area contributed by atoms with Crippen LogP contribution >= 0.6 is 0 Å². The molecule has 0 aliphatic carbocycles. The fourth-order valence-electron chi connectivity index (χ4n) is 8.62. The van der Waals surface area contributed by atoms with E-state index in [1.165, 1.54) is 128 Å². The monoisotopic (exact) mass is 819 g/mol. The molecule has 328 valence electrons. The number of rotatable bonds is 32. The lowest BCUT2D eigenvalue weighted by atomic mass is 9.90. The van der Waals surface area contributed by atoms with E-state index in [9.17, 15) is 19.8 Å². The molecule has 0 unspecified atom stereocenters. The zero-order valence-electron chi connectivity index (χ0n) is 37.5. The summed E-state index contributed by atoms with van der Waals surface area (Å²) in [4.78, 5) is 27.0. The van der Waals surface area contributed by atoms with Gasteiger partial charge in [-0.05, 0) is 59.4 Å². The molecule has 0 radical (unpaired) electrons. The molecule has 0 bridgehead atoms. The Balaban J connectivity index is 1.30. The van der Waals surface area contributed by atoms with E-state index < -0.39 is 0 Å². The first-order valence-electron chi connectivity index (χ1n) is 24.1. The molecule has 0 aliphatic heterocycles. The van der Waals surface area contributed by atoms with E-state index in [2.05, 4.69) is 31.1 Å². The minimum Gasteiger partial charge on any atom is -0.507 e. The summed E-state index contributed by atoms with van der Waals surface area (Å²) in [6.07, 6.45) is 30.8. The van der Waals surface area contributed by atoms with Crippen molar-refractivity contribution in [2.45, 2.75) is 181 Å². The van der Waals surface area contributed by atoms with Crippen LogP contribution in [-0.4, -0.2) is 35.1 Å². The molecule has 0 saturated carbocycles. The number of unbranched alkanes of at least 4 members (excludes halogenated alkanes) is 22. The Morgan fingerprint density at radius 3 is 1.10 bits per heavy atom. The summed E-state index contributed by atoms with van der Waals surface area (Å²) in [5, 5.41) is 32.8. The molecule has 0 aromatic heterocycles. The Labute approximate surface area is 363 Å². The number of phenols is 2. The maximum absolute atomic E-state index is 13.5. The first-order valence-corrected chi connectivity index (χ1v) is 24.1. The topological polar surface area (TPSA) is 98.7 Å². The number of aromatic hydroxyl groups is 2. The number of hydrogen-bond donors (Lipinski definition) is 4. The quantitative estimate of drug-likeness (QED) is 0.0291. The number of allylic oxidation sites excluding steroid dienone is 1. The maximum atomic E-state index is 13.5. The van der Waals surface area contributed by atoms with Gasteiger partial charge in [0.1, 0.15) is 11.5 Å². The molecule has 6 nitrogen and oxygen atoms in total. The van der Waals surface area contributed by atoms with Crippen molar-refractivity contribution in [2.24, 2.45) is 0 Å². The van der Waals surface area contributed by atoms with Gasteiger partial charge in [-0.3, -0.25) is 9.59 Å². The van der Waals surface area contributed by atoms with Crippen molar-refractivity contribution in [2.75, 3.05) is 13.1 Å². The van der Waals surface area contributed by atoms with Crippen LogP contribution in [0.5, 0.6) is 11.5 Å². The van der Waals surface area contributed by atoms with Crippen LogP contribution in [-0.2, 0) is 12.8 Å². The second-order valence-corrected chi connectivity index (χ2v) is 17.3. The standard InChI is InChI=1S/C54H78N2O4/c1-4-6-8-10-12-14-16-18-20-22-24-30-36-55-53(59)49-40-43-32-26-28-34-45(43)47(51(49)57)38-42(3)39-48-46-35-29-27-33-44(46)41-50(52(48)58)54(60)56-37-31-25-23-21-19-17-15-13-11-9-7-5-2/h26-29,32-35,40-41,57-58H,3-25,30-31,36-39H2,1-2H3,(H,55,59)(H,56,60). The molecular formula is C54H78N2O4. The number of amides is 2. The number of nitrogens with one attached hydrogen (secondary N) is 2. The number of phenolic OH excluding ortho intramolecular Hbond substituents is 2. The molecule has 60 heavy (non-hydrogen) atoms. The van der Waals surface area contributed by atoms with E-state index in [-0.39, 0.29) is 34.4 Å². The van der Waals surface area contributed by atoms with Crippen molar-refractivity contribution in [1.82, 2.24) is 10.6 Å². The van der Waals surface area contributed by atoms with Crippen molar-refractivity contribution in [1.29, 1.82) is 0 Å². The molecule has 6 heteroatoms. The SMILES string of the molecule is C=C(Cc1c(O)c(C(=O)NCCCCCCCCCCCCCC)cc2ccccc12)Cc1c(O)c(C(=O)NCCCCCCCCCCCCCC)cc2ccccc12. The first kappa shape index (κ1) is 48.3. The van der Waals surface area contributed by atoms with Gasteiger partial charge in [0.05, 0.1) is 11.1 Å². The van der Waals surface area contributed by atoms with Gasteiger partial charge in [-0.1, -0.05) is 216 Å². The van der Waals surface area contributed by atoms with Gasteiger partial charge in [0.2, 0.25) is 0 Å². The lowest BCUT2D eigenvalue weighted by molar-refractivity contribution is 0.0941. The zero-order valence-corrected chi connectivity index (χ0v) is 37.5. The van der Waals surface area contributed by atoms with Gasteiger partial charge < -0.3 is 20.8 Å². The summed E-state index contributed by atoms with van der Waals surface area (Å²) in [5.41, 5.74) is 2.53. The Kier molecular flexibility index (Phi) is 22.8. The minimum absolute atomic E-state index is 0.0398. The van der Waals surface area contributed by atoms with E-state index in [1.54, 1.807) is 12.1 Å². The van der Waals surface area contributed by atoms with Crippen LogP contribution < -0.4 is 10.6 Å². The number of carbonyl (C=O) groups excluding carboxylic acids is 2. The molecule has 0 fully saturated rings. The molecule has 0 atom stereocenters. The van der Waals surface area contributed by atoms with Gasteiger partial charge in [-0.2, -0.15) is 0 Å². The first-order chi connectivity index (χ1) is 29.3. The Bertz CT molecular complexity index is 1760. The number of benzene rings is 4. The predicted molar refractivity (Wildman–Crippen MR) is 255 cm³/mol. The van der Waals surface area contributed by atoms with Crippen LogP contribution in [0.4, 0.5) is 0 Å².